The van der Waals surface area contributed by atoms with Crippen molar-refractivity contribution >= 4 is 51.3 Å². The molecule has 1 fully saturated rings. The number of nitrogens with zero attached hydrogens (tertiary/aromatic N) is 1. The lowest BCUT2D eigenvalue weighted by Gasteiger charge is -2.23. The van der Waals surface area contributed by atoms with E-state index in [1.807, 2.05) is 24.4 Å². The second-order valence-electron chi connectivity index (χ2n) is 7.34. The number of aliphatic imine (C=N–C) groups is 1. The number of aliphatic hydroxyl groups is 1. The zero-order chi connectivity index (χ0) is 20.9. The molecule has 166 valence electrons. The number of halogens is 1. The molecular formula is C20H29IN4O3S2. The van der Waals surface area contributed by atoms with Crippen LogP contribution < -0.4 is 15.4 Å². The summed E-state index contributed by atoms with van der Waals surface area (Å²) >= 11 is 1.51. The fraction of sp³-hybridized carbons (Fsp3) is 0.450. The molecule has 1 aliphatic carbocycles. The lowest BCUT2D eigenvalue weighted by atomic mass is 10.1. The Bertz CT molecular complexity index is 925. The molecule has 4 N–H and O–H groups in total. The Hall–Kier alpha value is -1.21. The van der Waals surface area contributed by atoms with Crippen LogP contribution in [-0.4, -0.2) is 38.6 Å². The van der Waals surface area contributed by atoms with Crippen LogP contribution in [0.2, 0.25) is 0 Å². The highest BCUT2D eigenvalue weighted by molar-refractivity contribution is 14.0. The van der Waals surface area contributed by atoms with Gasteiger partial charge < -0.3 is 15.7 Å². The number of guanidine groups is 1. The largest absolute Gasteiger partial charge is 0.383 e. The molecule has 0 aliphatic heterocycles. The number of rotatable bonds is 9. The van der Waals surface area contributed by atoms with Gasteiger partial charge in [-0.25, -0.2) is 18.1 Å². The fourth-order valence-electron chi connectivity index (χ4n) is 2.70. The predicted molar refractivity (Wildman–Crippen MR) is 132 cm³/mol. The van der Waals surface area contributed by atoms with Crippen molar-refractivity contribution < 1.29 is 13.5 Å². The monoisotopic (exact) mass is 564 g/mol. The van der Waals surface area contributed by atoms with E-state index in [1.54, 1.807) is 31.2 Å². The van der Waals surface area contributed by atoms with E-state index < -0.39 is 15.6 Å². The van der Waals surface area contributed by atoms with E-state index in [0.717, 1.165) is 23.3 Å². The first-order chi connectivity index (χ1) is 13.8. The van der Waals surface area contributed by atoms with Gasteiger partial charge in [0.25, 0.3) is 0 Å². The summed E-state index contributed by atoms with van der Waals surface area (Å²) in [4.78, 5) is 5.70. The molecule has 30 heavy (non-hydrogen) atoms. The molecule has 1 aromatic heterocycles. The van der Waals surface area contributed by atoms with E-state index in [1.165, 1.54) is 11.3 Å². The van der Waals surface area contributed by atoms with Crippen molar-refractivity contribution in [3.05, 3.63) is 52.2 Å². The fourth-order valence-corrected chi connectivity index (χ4v) is 4.79. The van der Waals surface area contributed by atoms with Gasteiger partial charge in [0.15, 0.2) is 5.96 Å². The van der Waals surface area contributed by atoms with E-state index in [9.17, 15) is 13.5 Å². The summed E-state index contributed by atoms with van der Waals surface area (Å²) < 4.78 is 27.2. The Labute approximate surface area is 199 Å². The average Bonchev–Trinajstić information content (AvgIpc) is 3.30. The highest BCUT2D eigenvalue weighted by Crippen LogP contribution is 2.24. The Morgan fingerprint density at radius 3 is 2.50 bits per heavy atom. The summed E-state index contributed by atoms with van der Waals surface area (Å²) in [6.45, 7) is 5.15. The maximum Gasteiger partial charge on any atom is 0.240 e. The van der Waals surface area contributed by atoms with Crippen LogP contribution in [0, 0.1) is 0 Å². The third kappa shape index (κ3) is 7.19. The SMILES string of the molecule is CCNC(=NCc1ccc(S(=O)(=O)NC2CC2)cc1)NCC(C)(O)c1cccs1.I. The third-order valence-electron chi connectivity index (χ3n) is 4.55. The maximum atomic E-state index is 12.2. The molecule has 7 nitrogen and oxygen atoms in total. The van der Waals surface area contributed by atoms with Crippen molar-refractivity contribution in [2.24, 2.45) is 4.99 Å². The summed E-state index contributed by atoms with van der Waals surface area (Å²) in [7, 11) is -3.44. The Kier molecular flexibility index (Phi) is 9.10. The second-order valence-corrected chi connectivity index (χ2v) is 10.0. The Morgan fingerprint density at radius 2 is 1.93 bits per heavy atom. The molecule has 0 amide bonds. The molecule has 2 aromatic rings. The normalized spacial score (nSPS) is 16.4. The van der Waals surface area contributed by atoms with Gasteiger partial charge in [-0.1, -0.05) is 18.2 Å². The molecule has 3 rings (SSSR count). The summed E-state index contributed by atoms with van der Waals surface area (Å²) in [6, 6.07) is 10.7. The van der Waals surface area contributed by atoms with Crippen molar-refractivity contribution in [1.82, 2.24) is 15.4 Å². The molecule has 1 saturated carbocycles. The van der Waals surface area contributed by atoms with Crippen molar-refractivity contribution in [1.29, 1.82) is 0 Å². The minimum absolute atomic E-state index is 0. The van der Waals surface area contributed by atoms with Crippen LogP contribution in [0.3, 0.4) is 0 Å². The lowest BCUT2D eigenvalue weighted by molar-refractivity contribution is 0.0655. The van der Waals surface area contributed by atoms with Crippen LogP contribution in [0.25, 0.3) is 0 Å². The van der Waals surface area contributed by atoms with Gasteiger partial charge in [0, 0.05) is 17.5 Å². The molecule has 0 radical (unpaired) electrons. The third-order valence-corrected chi connectivity index (χ3v) is 7.21. The van der Waals surface area contributed by atoms with Crippen LogP contribution in [0.5, 0.6) is 0 Å². The molecule has 0 bridgehead atoms. The molecule has 1 atom stereocenters. The molecule has 1 unspecified atom stereocenters. The van der Waals surface area contributed by atoms with Gasteiger partial charge in [-0.3, -0.25) is 0 Å². The van der Waals surface area contributed by atoms with Crippen molar-refractivity contribution in [3.63, 3.8) is 0 Å². The van der Waals surface area contributed by atoms with Crippen molar-refractivity contribution in [3.8, 4) is 0 Å². The van der Waals surface area contributed by atoms with Crippen molar-refractivity contribution in [2.75, 3.05) is 13.1 Å². The van der Waals surface area contributed by atoms with Gasteiger partial charge in [-0.15, -0.1) is 35.3 Å². The first-order valence-corrected chi connectivity index (χ1v) is 12.1. The van der Waals surface area contributed by atoms with Crippen LogP contribution in [-0.2, 0) is 22.2 Å². The minimum Gasteiger partial charge on any atom is -0.383 e. The topological polar surface area (TPSA) is 103 Å². The number of sulfonamides is 1. The molecule has 1 aliphatic rings. The average molecular weight is 565 g/mol. The first kappa shape index (κ1) is 25.1. The molecule has 1 heterocycles. The smallest absolute Gasteiger partial charge is 0.240 e. The van der Waals surface area contributed by atoms with Crippen LogP contribution in [0.15, 0.2) is 51.7 Å². The number of benzene rings is 1. The van der Waals surface area contributed by atoms with Crippen LogP contribution in [0.4, 0.5) is 0 Å². The summed E-state index contributed by atoms with van der Waals surface area (Å²) in [5, 5.41) is 18.9. The molecule has 0 spiro atoms. The highest BCUT2D eigenvalue weighted by atomic mass is 127. The van der Waals surface area contributed by atoms with E-state index in [4.69, 9.17) is 0 Å². The number of hydrogen-bond acceptors (Lipinski definition) is 5. The Morgan fingerprint density at radius 1 is 1.23 bits per heavy atom. The quantitative estimate of drug-likeness (QED) is 0.213. The Balaban J connectivity index is 0.00000320. The molecule has 10 heteroatoms. The number of thiophene rings is 1. The predicted octanol–water partition coefficient (Wildman–Crippen LogP) is 2.77. The van der Waals surface area contributed by atoms with Crippen LogP contribution >= 0.6 is 35.3 Å². The summed E-state index contributed by atoms with van der Waals surface area (Å²) in [5.41, 5.74) is -0.0906. The zero-order valence-corrected chi connectivity index (χ0v) is 21.1. The van der Waals surface area contributed by atoms with Crippen LogP contribution in [0.1, 0.15) is 37.1 Å². The second kappa shape index (κ2) is 10.9. The van der Waals surface area contributed by atoms with Gasteiger partial charge in [0.2, 0.25) is 10.0 Å². The zero-order valence-electron chi connectivity index (χ0n) is 17.1. The lowest BCUT2D eigenvalue weighted by Crippen LogP contribution is -2.44. The van der Waals surface area contributed by atoms with E-state index in [0.29, 0.717) is 25.6 Å². The minimum atomic E-state index is -3.44. The first-order valence-electron chi connectivity index (χ1n) is 9.70. The maximum absolute atomic E-state index is 12.2. The standard InChI is InChI=1S/C20H28N4O3S2.HI/c1-3-21-19(23-14-20(2,25)18-5-4-12-28-18)22-13-15-6-10-17(11-7-15)29(26,27)24-16-8-9-16;/h4-7,10-12,16,24-25H,3,8-9,13-14H2,1-2H3,(H2,21,22,23);1H. The molecule has 0 saturated heterocycles. The van der Waals surface area contributed by atoms with Gasteiger partial charge in [0.1, 0.15) is 5.60 Å². The van der Waals surface area contributed by atoms with Gasteiger partial charge >= 0.3 is 0 Å². The van der Waals surface area contributed by atoms with E-state index in [-0.39, 0.29) is 34.9 Å². The summed E-state index contributed by atoms with van der Waals surface area (Å²) in [5.74, 6) is 0.594. The van der Waals surface area contributed by atoms with Crippen molar-refractivity contribution in [2.45, 2.75) is 49.8 Å². The molecule has 1 aromatic carbocycles. The van der Waals surface area contributed by atoms with E-state index >= 15 is 0 Å². The van der Waals surface area contributed by atoms with Gasteiger partial charge in [0.05, 0.1) is 18.0 Å². The summed E-state index contributed by atoms with van der Waals surface area (Å²) in [6.07, 6.45) is 1.82. The van der Waals surface area contributed by atoms with E-state index in [2.05, 4.69) is 20.3 Å². The van der Waals surface area contributed by atoms with Gasteiger partial charge in [-0.05, 0) is 55.8 Å². The highest BCUT2D eigenvalue weighted by Gasteiger charge is 2.28. The molecular weight excluding hydrogens is 535 g/mol. The number of hydrogen-bond donors (Lipinski definition) is 4. The number of nitrogens with one attached hydrogen (secondary N) is 3. The van der Waals surface area contributed by atoms with Gasteiger partial charge in [-0.2, -0.15) is 0 Å².